The number of pyridine rings is 1. The molecule has 0 aliphatic carbocycles. The summed E-state index contributed by atoms with van der Waals surface area (Å²) in [4.78, 5) is 31.3. The molecule has 1 amide bonds. The van der Waals surface area contributed by atoms with Crippen molar-refractivity contribution in [1.29, 1.82) is 5.26 Å². The molecule has 1 atom stereocenters. The van der Waals surface area contributed by atoms with Gasteiger partial charge in [-0.1, -0.05) is 18.2 Å². The third-order valence-electron chi connectivity index (χ3n) is 5.95. The van der Waals surface area contributed by atoms with E-state index in [-0.39, 0.29) is 11.9 Å². The van der Waals surface area contributed by atoms with Gasteiger partial charge in [0.05, 0.1) is 42.8 Å². The smallest absolute Gasteiger partial charge is 0.289 e. The van der Waals surface area contributed by atoms with Gasteiger partial charge in [0, 0.05) is 48.2 Å². The van der Waals surface area contributed by atoms with Crippen LogP contribution >= 0.6 is 0 Å². The maximum absolute atomic E-state index is 12.7. The number of carbonyl (C=O) groups is 1. The van der Waals surface area contributed by atoms with Crippen molar-refractivity contribution >= 4 is 22.6 Å². The Bertz CT molecular complexity index is 1370. The lowest BCUT2D eigenvalue weighted by Crippen LogP contribution is -2.36. The van der Waals surface area contributed by atoms with Gasteiger partial charge in [-0.2, -0.15) is 5.26 Å². The molecule has 1 saturated heterocycles. The monoisotopic (exact) mass is 453 g/mol. The number of nitriles is 1. The summed E-state index contributed by atoms with van der Waals surface area (Å²) in [6.45, 7) is 4.90. The average Bonchev–Trinajstić information content (AvgIpc) is 3.32. The number of H-pyrrole nitrogens is 1. The van der Waals surface area contributed by atoms with Crippen LogP contribution in [0, 0.1) is 11.3 Å². The number of anilines is 1. The van der Waals surface area contributed by atoms with Gasteiger partial charge in [0.1, 0.15) is 5.65 Å². The number of hydrogen-bond donors (Lipinski definition) is 2. The summed E-state index contributed by atoms with van der Waals surface area (Å²) in [6, 6.07) is 11.1. The second-order valence-electron chi connectivity index (χ2n) is 8.08. The van der Waals surface area contributed by atoms with Gasteiger partial charge >= 0.3 is 0 Å². The van der Waals surface area contributed by atoms with Crippen molar-refractivity contribution in [3.63, 3.8) is 0 Å². The molecule has 4 aromatic rings. The lowest BCUT2D eigenvalue weighted by Gasteiger charge is -2.28. The predicted molar refractivity (Wildman–Crippen MR) is 127 cm³/mol. The quantitative estimate of drug-likeness (QED) is 0.476. The number of nitrogens with one attached hydrogen (secondary N) is 2. The van der Waals surface area contributed by atoms with Crippen LogP contribution in [0.1, 0.15) is 34.7 Å². The van der Waals surface area contributed by atoms with Gasteiger partial charge in [-0.25, -0.2) is 15.0 Å². The molecule has 1 aliphatic rings. The van der Waals surface area contributed by atoms with Crippen molar-refractivity contribution in [3.05, 3.63) is 72.1 Å². The van der Waals surface area contributed by atoms with E-state index in [1.165, 1.54) is 0 Å². The van der Waals surface area contributed by atoms with Gasteiger partial charge in [-0.3, -0.25) is 4.79 Å². The molecule has 1 fully saturated rings. The minimum Gasteiger partial charge on any atom is -0.378 e. The van der Waals surface area contributed by atoms with Crippen LogP contribution < -0.4 is 10.2 Å². The molecule has 0 spiro atoms. The van der Waals surface area contributed by atoms with Crippen molar-refractivity contribution < 1.29 is 9.53 Å². The van der Waals surface area contributed by atoms with Crippen LogP contribution in [-0.4, -0.2) is 52.1 Å². The highest BCUT2D eigenvalue weighted by Gasteiger charge is 2.18. The Morgan fingerprint density at radius 3 is 2.71 bits per heavy atom. The van der Waals surface area contributed by atoms with Crippen LogP contribution in [0.15, 0.2) is 55.1 Å². The number of carbonyl (C=O) groups excluding carboxylic acids is 1. The highest BCUT2D eigenvalue weighted by molar-refractivity contribution is 5.95. The fraction of sp³-hybridized carbons (Fsp3) is 0.240. The Balaban J connectivity index is 1.35. The summed E-state index contributed by atoms with van der Waals surface area (Å²) >= 11 is 0. The van der Waals surface area contributed by atoms with E-state index in [1.54, 1.807) is 24.5 Å². The molecule has 170 valence electrons. The summed E-state index contributed by atoms with van der Waals surface area (Å²) in [6.07, 6.45) is 7.02. The number of hydrogen-bond acceptors (Lipinski definition) is 7. The van der Waals surface area contributed by atoms with Crippen LogP contribution in [0.3, 0.4) is 0 Å². The zero-order valence-corrected chi connectivity index (χ0v) is 18.7. The van der Waals surface area contributed by atoms with E-state index >= 15 is 0 Å². The highest BCUT2D eigenvalue weighted by Crippen LogP contribution is 2.30. The first-order valence-electron chi connectivity index (χ1n) is 11.1. The van der Waals surface area contributed by atoms with Crippen molar-refractivity contribution in [1.82, 2.24) is 25.3 Å². The van der Waals surface area contributed by atoms with Crippen LogP contribution in [0.25, 0.3) is 22.2 Å². The number of amides is 1. The molecule has 0 saturated carbocycles. The molecular weight excluding hydrogens is 430 g/mol. The molecule has 0 radical (unpaired) electrons. The largest absolute Gasteiger partial charge is 0.378 e. The SMILES string of the molecule is CC(NC(=O)c1ncc(-c2c[nH]c3ncc(N4CCOCC4)cc23)cn1)c1ccccc1C#N. The fourth-order valence-corrected chi connectivity index (χ4v) is 4.13. The molecule has 9 heteroatoms. The zero-order valence-electron chi connectivity index (χ0n) is 18.7. The van der Waals surface area contributed by atoms with Crippen LogP contribution in [0.5, 0.6) is 0 Å². The summed E-state index contributed by atoms with van der Waals surface area (Å²) in [5.74, 6) is -0.334. The maximum Gasteiger partial charge on any atom is 0.289 e. The van der Waals surface area contributed by atoms with Crippen LogP contribution in [-0.2, 0) is 4.74 Å². The second-order valence-corrected chi connectivity index (χ2v) is 8.08. The van der Waals surface area contributed by atoms with Gasteiger partial charge in [-0.05, 0) is 24.6 Å². The zero-order chi connectivity index (χ0) is 23.5. The Hall–Kier alpha value is -4.29. The molecule has 5 rings (SSSR count). The number of rotatable bonds is 5. The van der Waals surface area contributed by atoms with E-state index in [0.29, 0.717) is 18.8 Å². The van der Waals surface area contributed by atoms with Crippen molar-refractivity contribution in [2.45, 2.75) is 13.0 Å². The van der Waals surface area contributed by atoms with E-state index in [2.05, 4.69) is 42.3 Å². The van der Waals surface area contributed by atoms with Gasteiger partial charge in [0.15, 0.2) is 0 Å². The number of aromatic nitrogens is 4. The van der Waals surface area contributed by atoms with E-state index in [1.807, 2.05) is 31.5 Å². The third-order valence-corrected chi connectivity index (χ3v) is 5.95. The van der Waals surface area contributed by atoms with E-state index in [9.17, 15) is 10.1 Å². The van der Waals surface area contributed by atoms with Gasteiger partial charge in [0.25, 0.3) is 5.91 Å². The molecule has 4 heterocycles. The van der Waals surface area contributed by atoms with Crippen molar-refractivity contribution in [2.75, 3.05) is 31.2 Å². The molecule has 1 unspecified atom stereocenters. The number of nitrogens with zero attached hydrogens (tertiary/aromatic N) is 5. The maximum atomic E-state index is 12.7. The van der Waals surface area contributed by atoms with E-state index in [0.717, 1.165) is 46.5 Å². The Labute approximate surface area is 196 Å². The topological polar surface area (TPSA) is 120 Å². The van der Waals surface area contributed by atoms with E-state index in [4.69, 9.17) is 4.74 Å². The summed E-state index contributed by atoms with van der Waals surface area (Å²) in [5, 5.41) is 13.1. The van der Waals surface area contributed by atoms with Gasteiger partial charge in [0.2, 0.25) is 5.82 Å². The minimum absolute atomic E-state index is 0.0667. The molecule has 1 aromatic carbocycles. The molecule has 1 aliphatic heterocycles. The lowest BCUT2D eigenvalue weighted by molar-refractivity contribution is 0.0929. The first-order valence-corrected chi connectivity index (χ1v) is 11.1. The molecule has 2 N–H and O–H groups in total. The second kappa shape index (κ2) is 9.29. The molecular formula is C25H23N7O2. The standard InChI is InChI=1S/C25H23N7O2/c1-16(20-5-3-2-4-17(20)11-26)31-25(33)24-27-12-18(13-28-24)22-15-30-23-21(22)10-19(14-29-23)32-6-8-34-9-7-32/h2-5,10,12-16H,6-9H2,1H3,(H,29,30)(H,31,33). The predicted octanol–water partition coefficient (Wildman–Crippen LogP) is 3.22. The number of ether oxygens (including phenoxy) is 1. The van der Waals surface area contributed by atoms with Gasteiger partial charge in [-0.15, -0.1) is 0 Å². The number of benzene rings is 1. The van der Waals surface area contributed by atoms with Crippen molar-refractivity contribution in [2.24, 2.45) is 0 Å². The number of fused-ring (bicyclic) bond motifs is 1. The summed E-state index contributed by atoms with van der Waals surface area (Å²) in [5.41, 5.74) is 4.79. The first-order chi connectivity index (χ1) is 16.6. The number of aromatic amines is 1. The normalized spacial score (nSPS) is 14.5. The molecule has 9 nitrogen and oxygen atoms in total. The molecule has 3 aromatic heterocycles. The van der Waals surface area contributed by atoms with E-state index < -0.39 is 5.91 Å². The molecule has 34 heavy (non-hydrogen) atoms. The Kier molecular flexibility index (Phi) is 5.89. The minimum atomic E-state index is -0.401. The van der Waals surface area contributed by atoms with Crippen molar-refractivity contribution in [3.8, 4) is 17.2 Å². The average molecular weight is 454 g/mol. The summed E-state index contributed by atoms with van der Waals surface area (Å²) in [7, 11) is 0. The Morgan fingerprint density at radius 1 is 1.18 bits per heavy atom. The first kappa shape index (κ1) is 21.6. The van der Waals surface area contributed by atoms with Crippen LogP contribution in [0.2, 0.25) is 0 Å². The van der Waals surface area contributed by atoms with Crippen LogP contribution in [0.4, 0.5) is 5.69 Å². The lowest BCUT2D eigenvalue weighted by atomic mass is 10.0. The van der Waals surface area contributed by atoms with Gasteiger partial charge < -0.3 is 19.9 Å². The third kappa shape index (κ3) is 4.19. The fourth-order valence-electron chi connectivity index (χ4n) is 4.13. The number of morpholine rings is 1. The Morgan fingerprint density at radius 2 is 1.94 bits per heavy atom. The highest BCUT2D eigenvalue weighted by atomic mass is 16.5. The summed E-state index contributed by atoms with van der Waals surface area (Å²) < 4.78 is 5.45. The molecule has 0 bridgehead atoms.